The fraction of sp³-hybridized carbons (Fsp3) is 0.414. The molecule has 0 spiro atoms. The van der Waals surface area contributed by atoms with E-state index in [0.717, 1.165) is 19.5 Å². The van der Waals surface area contributed by atoms with Crippen LogP contribution in [0.15, 0.2) is 89.5 Å². The van der Waals surface area contributed by atoms with Gasteiger partial charge in [0.15, 0.2) is 0 Å². The van der Waals surface area contributed by atoms with Gasteiger partial charge in [0.1, 0.15) is 0 Å². The molecule has 4 heteroatoms. The number of rotatable bonds is 7. The van der Waals surface area contributed by atoms with E-state index in [1.165, 1.54) is 22.5 Å². The summed E-state index contributed by atoms with van der Waals surface area (Å²) in [4.78, 5) is 23.2. The molecule has 2 aromatic rings. The first-order valence-corrected chi connectivity index (χ1v) is 32.3. The van der Waals surface area contributed by atoms with Crippen molar-refractivity contribution in [3.63, 3.8) is 0 Å². The minimum absolute atomic E-state index is 0.230. The van der Waals surface area contributed by atoms with Crippen LogP contribution in [0.2, 0.25) is 31.1 Å². The van der Waals surface area contributed by atoms with Crippen LogP contribution < -0.4 is 0 Å². The number of likely N-dealkylation sites (N-methyl/N-ethyl adjacent to an activating group) is 1. The zero-order valence-corrected chi connectivity index (χ0v) is 27.2. The third-order valence-corrected chi connectivity index (χ3v) is 52.7. The van der Waals surface area contributed by atoms with E-state index in [4.69, 9.17) is 4.99 Å². The maximum absolute atomic E-state index is 4.98. The van der Waals surface area contributed by atoms with Crippen LogP contribution in [0, 0.1) is 0 Å². The SMILES string of the molecule is CN1CCN=C1CC(C1=C[C]([Sn]([CH3])([CH3])[CH3])([Sn]([CH3])([CH3])[CH3])C=C1)(c1ccccc1)c1ccccc1. The molecule has 1 aliphatic heterocycles. The Hall–Kier alpha value is -1.01. The fourth-order valence-corrected chi connectivity index (χ4v) is 62.3. The first-order chi connectivity index (χ1) is 15.5. The van der Waals surface area contributed by atoms with Crippen LogP contribution >= 0.6 is 0 Å². The predicted molar refractivity (Wildman–Crippen MR) is 150 cm³/mol. The van der Waals surface area contributed by atoms with Crippen molar-refractivity contribution in [1.29, 1.82) is 0 Å². The average molecular weight is 654 g/mol. The van der Waals surface area contributed by atoms with Gasteiger partial charge < -0.3 is 0 Å². The molecule has 0 fully saturated rings. The maximum atomic E-state index is 4.98. The Bertz CT molecular complexity index is 1020. The molecule has 0 aromatic heterocycles. The average Bonchev–Trinajstić information content (AvgIpc) is 3.40. The molecular formula is C29H40N2Sn2. The number of allylic oxidation sites excluding steroid dienone is 4. The number of amidine groups is 1. The van der Waals surface area contributed by atoms with Gasteiger partial charge in [-0.1, -0.05) is 0 Å². The molecular weight excluding hydrogens is 614 g/mol. The molecule has 0 saturated carbocycles. The van der Waals surface area contributed by atoms with Crippen LogP contribution in [0.5, 0.6) is 0 Å². The summed E-state index contributed by atoms with van der Waals surface area (Å²) in [5.74, 6) is 1.23. The quantitative estimate of drug-likeness (QED) is 0.290. The summed E-state index contributed by atoms with van der Waals surface area (Å²) < 4.78 is 0.372. The number of hydrogen-bond acceptors (Lipinski definition) is 2. The van der Waals surface area contributed by atoms with E-state index in [1.54, 1.807) is 0 Å². The van der Waals surface area contributed by atoms with Crippen LogP contribution in [0.25, 0.3) is 0 Å². The summed E-state index contributed by atoms with van der Waals surface area (Å²) in [5.41, 5.74) is 4.01. The number of hydrogen-bond donors (Lipinski definition) is 0. The zero-order valence-electron chi connectivity index (χ0n) is 21.5. The molecule has 2 aromatic carbocycles. The Morgan fingerprint density at radius 2 is 1.36 bits per heavy atom. The van der Waals surface area contributed by atoms with E-state index >= 15 is 0 Å². The predicted octanol–water partition coefficient (Wildman–Crippen LogP) is 7.16. The molecule has 2 nitrogen and oxygen atoms in total. The van der Waals surface area contributed by atoms with Gasteiger partial charge in [0, 0.05) is 0 Å². The molecule has 0 amide bonds. The van der Waals surface area contributed by atoms with E-state index in [-0.39, 0.29) is 5.41 Å². The van der Waals surface area contributed by atoms with Gasteiger partial charge in [0.25, 0.3) is 0 Å². The molecule has 1 aliphatic carbocycles. The van der Waals surface area contributed by atoms with E-state index in [1.807, 2.05) is 0 Å². The van der Waals surface area contributed by atoms with Crippen molar-refractivity contribution >= 4 is 42.6 Å². The number of aliphatic imine (C=N–C) groups is 1. The van der Waals surface area contributed by atoms with Gasteiger partial charge in [-0.15, -0.1) is 0 Å². The van der Waals surface area contributed by atoms with Crippen LogP contribution in [0.1, 0.15) is 17.5 Å². The summed E-state index contributed by atoms with van der Waals surface area (Å²) in [7, 11) is 2.20. The zero-order chi connectivity index (χ0) is 23.9. The molecule has 1 heterocycles. The van der Waals surface area contributed by atoms with Crippen molar-refractivity contribution in [2.75, 3.05) is 20.1 Å². The summed E-state index contributed by atoms with van der Waals surface area (Å²) >= 11 is -4.72. The van der Waals surface area contributed by atoms with Crippen molar-refractivity contribution in [3.8, 4) is 0 Å². The number of benzene rings is 2. The van der Waals surface area contributed by atoms with Crippen molar-refractivity contribution in [3.05, 3.63) is 95.6 Å². The Morgan fingerprint density at radius 1 is 0.848 bits per heavy atom. The second-order valence-electron chi connectivity index (χ2n) is 11.8. The second kappa shape index (κ2) is 9.22. The van der Waals surface area contributed by atoms with Crippen LogP contribution in [-0.4, -0.2) is 67.6 Å². The molecule has 0 saturated heterocycles. The van der Waals surface area contributed by atoms with E-state index < -0.39 is 36.8 Å². The third kappa shape index (κ3) is 4.39. The molecule has 4 rings (SSSR count). The Morgan fingerprint density at radius 3 is 1.76 bits per heavy atom. The normalized spacial score (nSPS) is 18.5. The molecule has 2 aliphatic rings. The van der Waals surface area contributed by atoms with Gasteiger partial charge in [0.05, 0.1) is 0 Å². The van der Waals surface area contributed by atoms with Crippen molar-refractivity contribution < 1.29 is 0 Å². The second-order valence-corrected chi connectivity index (χ2v) is 46.3. The van der Waals surface area contributed by atoms with Gasteiger partial charge in [-0.05, 0) is 0 Å². The third-order valence-electron chi connectivity index (χ3n) is 8.01. The summed E-state index contributed by atoms with van der Waals surface area (Å²) in [6.07, 6.45) is 8.90. The van der Waals surface area contributed by atoms with Crippen molar-refractivity contribution in [2.24, 2.45) is 4.99 Å². The Labute approximate surface area is 209 Å². The fourth-order valence-electron chi connectivity index (χ4n) is 6.14. The van der Waals surface area contributed by atoms with Gasteiger partial charge in [0.2, 0.25) is 0 Å². The van der Waals surface area contributed by atoms with Gasteiger partial charge >= 0.3 is 211 Å². The van der Waals surface area contributed by atoms with Crippen molar-refractivity contribution in [2.45, 2.75) is 42.9 Å². The molecule has 0 N–H and O–H groups in total. The summed E-state index contributed by atoms with van der Waals surface area (Å²) in [6.45, 7) is 1.92. The van der Waals surface area contributed by atoms with Gasteiger partial charge in [-0.3, -0.25) is 0 Å². The first-order valence-electron chi connectivity index (χ1n) is 12.3. The molecule has 0 unspecified atom stereocenters. The monoisotopic (exact) mass is 656 g/mol. The van der Waals surface area contributed by atoms with Gasteiger partial charge in [-0.2, -0.15) is 0 Å². The van der Waals surface area contributed by atoms with Crippen LogP contribution in [-0.2, 0) is 5.41 Å². The Kier molecular flexibility index (Phi) is 7.01. The summed E-state index contributed by atoms with van der Waals surface area (Å²) in [5, 5.41) is 0. The standard InChI is InChI=1S/C23H22N2.6CH3.2Sn/c1-25-17-16-24-22(25)18-23(21-14-8-9-15-21,19-10-4-2-5-11-19)20-12-6-3-7-13-20;;;;;;;;/h2-8,10-15H,16-18H2,1H3;6*1H3;;. The molecule has 0 bridgehead atoms. The van der Waals surface area contributed by atoms with E-state index in [0.29, 0.717) is 1.45 Å². The minimum atomic E-state index is -2.36. The van der Waals surface area contributed by atoms with Crippen LogP contribution in [0.3, 0.4) is 0 Å². The molecule has 33 heavy (non-hydrogen) atoms. The van der Waals surface area contributed by atoms with Gasteiger partial charge in [-0.25, -0.2) is 0 Å². The first kappa shape index (κ1) is 25.1. The van der Waals surface area contributed by atoms with E-state index in [9.17, 15) is 0 Å². The molecule has 0 atom stereocenters. The number of nitrogens with zero attached hydrogens (tertiary/aromatic N) is 2. The molecule has 0 radical (unpaired) electrons. The summed E-state index contributed by atoms with van der Waals surface area (Å²) in [6, 6.07) is 22.4. The Balaban J connectivity index is 2.02. The van der Waals surface area contributed by atoms with Crippen molar-refractivity contribution in [1.82, 2.24) is 4.90 Å². The van der Waals surface area contributed by atoms with E-state index in [2.05, 4.69) is 120 Å². The topological polar surface area (TPSA) is 15.6 Å². The molecule has 174 valence electrons. The van der Waals surface area contributed by atoms with Crippen LogP contribution in [0.4, 0.5) is 0 Å².